The first-order valence-corrected chi connectivity index (χ1v) is 7.03. The van der Waals surface area contributed by atoms with Crippen LogP contribution in [0.15, 0.2) is 10.7 Å². The van der Waals surface area contributed by atoms with Crippen LogP contribution in [0.4, 0.5) is 0 Å². The molecule has 0 saturated heterocycles. The number of nitrogens with zero attached hydrogens (tertiary/aromatic N) is 3. The quantitative estimate of drug-likeness (QED) is 0.791. The van der Waals surface area contributed by atoms with Gasteiger partial charge in [-0.3, -0.25) is 4.68 Å². The van der Waals surface area contributed by atoms with Gasteiger partial charge in [0.1, 0.15) is 5.60 Å². The van der Waals surface area contributed by atoms with Gasteiger partial charge in [-0.15, -0.1) is 0 Å². The van der Waals surface area contributed by atoms with Crippen LogP contribution in [0.5, 0.6) is 0 Å². The number of hydrogen-bond donors (Lipinski definition) is 2. The Morgan fingerprint density at radius 2 is 2.22 bits per heavy atom. The summed E-state index contributed by atoms with van der Waals surface area (Å²) in [5, 5.41) is 15.0. The molecule has 0 radical (unpaired) electrons. The lowest BCUT2D eigenvalue weighted by atomic mass is 9.94. The fraction of sp³-hybridized carbons (Fsp3) is 0.750. The van der Waals surface area contributed by atoms with Crippen LogP contribution in [0, 0.1) is 0 Å². The number of aromatic nitrogens is 2. The lowest BCUT2D eigenvalue weighted by Gasteiger charge is -2.28. The molecule has 0 aliphatic rings. The van der Waals surface area contributed by atoms with Gasteiger partial charge < -0.3 is 15.7 Å². The lowest BCUT2D eigenvalue weighted by Crippen LogP contribution is -2.38. The normalized spacial score (nSPS) is 15.1. The van der Waals surface area contributed by atoms with E-state index in [1.807, 2.05) is 25.7 Å². The van der Waals surface area contributed by atoms with Crippen molar-refractivity contribution in [2.45, 2.75) is 31.9 Å². The summed E-state index contributed by atoms with van der Waals surface area (Å²) in [6, 6.07) is 0. The Balaban J connectivity index is 3.01. The Hall–Kier alpha value is -0.430. The van der Waals surface area contributed by atoms with Crippen molar-refractivity contribution < 1.29 is 5.11 Å². The van der Waals surface area contributed by atoms with Crippen molar-refractivity contribution in [1.29, 1.82) is 0 Å². The Labute approximate surface area is 117 Å². The van der Waals surface area contributed by atoms with Gasteiger partial charge in [0.05, 0.1) is 22.9 Å². The second-order valence-electron chi connectivity index (χ2n) is 4.85. The molecule has 1 atom stereocenters. The van der Waals surface area contributed by atoms with Gasteiger partial charge in [0.2, 0.25) is 0 Å². The van der Waals surface area contributed by atoms with Crippen LogP contribution >= 0.6 is 15.9 Å². The molecule has 1 aromatic rings. The maximum atomic E-state index is 10.7. The minimum atomic E-state index is -1.00. The highest BCUT2D eigenvalue weighted by Crippen LogP contribution is 2.31. The van der Waals surface area contributed by atoms with Crippen molar-refractivity contribution in [2.75, 3.05) is 27.2 Å². The van der Waals surface area contributed by atoms with Gasteiger partial charge in [-0.1, -0.05) is 13.3 Å². The van der Waals surface area contributed by atoms with E-state index in [1.54, 1.807) is 6.20 Å². The molecule has 1 aromatic heterocycles. The largest absolute Gasteiger partial charge is 0.382 e. The van der Waals surface area contributed by atoms with Gasteiger partial charge >= 0.3 is 0 Å². The molecule has 104 valence electrons. The number of hydrogen-bond acceptors (Lipinski definition) is 4. The smallest absolute Gasteiger partial charge is 0.119 e. The van der Waals surface area contributed by atoms with Crippen LogP contribution in [0.3, 0.4) is 0 Å². The monoisotopic (exact) mass is 318 g/mol. The number of likely N-dealkylation sites (N-methyl/N-ethyl adjacent to an activating group) is 1. The van der Waals surface area contributed by atoms with Crippen LogP contribution in [0.25, 0.3) is 0 Å². The third-order valence-electron chi connectivity index (χ3n) is 3.00. The summed E-state index contributed by atoms with van der Waals surface area (Å²) in [5.74, 6) is 0. The number of aliphatic hydroxyl groups is 1. The molecule has 0 aliphatic heterocycles. The predicted octanol–water partition coefficient (Wildman–Crippen LogP) is 1.15. The average Bonchev–Trinajstić information content (AvgIpc) is 2.68. The molecular formula is C12H23BrN4O. The summed E-state index contributed by atoms with van der Waals surface area (Å²) in [7, 11) is 4.03. The fourth-order valence-corrected chi connectivity index (χ4v) is 2.69. The van der Waals surface area contributed by atoms with E-state index in [1.165, 1.54) is 0 Å². The number of rotatable bonds is 7. The number of halogens is 1. The van der Waals surface area contributed by atoms with Crippen LogP contribution < -0.4 is 5.73 Å². The zero-order valence-corrected chi connectivity index (χ0v) is 12.9. The third kappa shape index (κ3) is 3.54. The highest BCUT2D eigenvalue weighted by Gasteiger charge is 2.32. The molecule has 0 aliphatic carbocycles. The zero-order chi connectivity index (χ0) is 13.8. The fourth-order valence-electron chi connectivity index (χ4n) is 2.02. The lowest BCUT2D eigenvalue weighted by molar-refractivity contribution is 0.0257. The molecule has 1 heterocycles. The molecule has 5 nitrogen and oxygen atoms in total. The van der Waals surface area contributed by atoms with E-state index in [0.29, 0.717) is 6.42 Å². The van der Waals surface area contributed by atoms with Crippen molar-refractivity contribution in [2.24, 2.45) is 5.73 Å². The Kier molecular flexibility index (Phi) is 5.78. The first kappa shape index (κ1) is 15.6. The van der Waals surface area contributed by atoms with Crippen molar-refractivity contribution in [1.82, 2.24) is 14.7 Å². The Bertz CT molecular complexity index is 380. The van der Waals surface area contributed by atoms with E-state index >= 15 is 0 Å². The van der Waals surface area contributed by atoms with Crippen LogP contribution in [-0.4, -0.2) is 47.0 Å². The zero-order valence-electron chi connectivity index (χ0n) is 11.4. The van der Waals surface area contributed by atoms with Crippen molar-refractivity contribution in [3.63, 3.8) is 0 Å². The van der Waals surface area contributed by atoms with Gasteiger partial charge in [0.15, 0.2) is 0 Å². The van der Waals surface area contributed by atoms with Crippen molar-refractivity contribution in [3.8, 4) is 0 Å². The van der Waals surface area contributed by atoms with Crippen molar-refractivity contribution in [3.05, 3.63) is 16.4 Å². The van der Waals surface area contributed by atoms with E-state index < -0.39 is 5.60 Å². The first-order chi connectivity index (χ1) is 8.44. The highest BCUT2D eigenvalue weighted by molar-refractivity contribution is 9.10. The summed E-state index contributed by atoms with van der Waals surface area (Å²) >= 11 is 3.46. The van der Waals surface area contributed by atoms with Gasteiger partial charge in [0, 0.05) is 13.1 Å². The minimum absolute atomic E-state index is 0.201. The van der Waals surface area contributed by atoms with E-state index in [4.69, 9.17) is 5.73 Å². The summed E-state index contributed by atoms with van der Waals surface area (Å²) in [6.45, 7) is 3.84. The third-order valence-corrected chi connectivity index (χ3v) is 3.58. The molecule has 1 unspecified atom stereocenters. The van der Waals surface area contributed by atoms with E-state index in [2.05, 4.69) is 25.9 Å². The first-order valence-electron chi connectivity index (χ1n) is 6.23. The molecule has 0 spiro atoms. The van der Waals surface area contributed by atoms with Gasteiger partial charge in [-0.05, 0) is 36.4 Å². The molecule has 3 N–H and O–H groups in total. The topological polar surface area (TPSA) is 67.3 Å². The molecule has 0 bridgehead atoms. The molecule has 1 rings (SSSR count). The summed E-state index contributed by atoms with van der Waals surface area (Å²) in [5.41, 5.74) is 5.54. The molecule has 0 fully saturated rings. The van der Waals surface area contributed by atoms with Gasteiger partial charge in [-0.25, -0.2) is 0 Å². The number of nitrogens with two attached hydrogens (primary N) is 1. The summed E-state index contributed by atoms with van der Waals surface area (Å²) < 4.78 is 2.66. The molecular weight excluding hydrogens is 296 g/mol. The van der Waals surface area contributed by atoms with E-state index in [-0.39, 0.29) is 6.54 Å². The Morgan fingerprint density at radius 3 is 2.72 bits per heavy atom. The highest BCUT2D eigenvalue weighted by atomic mass is 79.9. The predicted molar refractivity (Wildman–Crippen MR) is 76.3 cm³/mol. The van der Waals surface area contributed by atoms with Gasteiger partial charge in [-0.2, -0.15) is 5.10 Å². The second kappa shape index (κ2) is 6.65. The summed E-state index contributed by atoms with van der Waals surface area (Å²) in [4.78, 5) is 2.08. The molecule has 0 aromatic carbocycles. The maximum Gasteiger partial charge on any atom is 0.119 e. The SMILES string of the molecule is CCCC(O)(CN)c1c(Br)cnn1CCN(C)C. The average molecular weight is 319 g/mol. The van der Waals surface area contributed by atoms with Crippen LogP contribution in [0.2, 0.25) is 0 Å². The standard InChI is InChI=1S/C12H23BrN4O/c1-4-5-12(18,9-14)11-10(13)8-15-17(11)7-6-16(2)3/h8,18H,4-7,9,14H2,1-3H3. The second-order valence-corrected chi connectivity index (χ2v) is 5.71. The Morgan fingerprint density at radius 1 is 1.56 bits per heavy atom. The van der Waals surface area contributed by atoms with Crippen LogP contribution in [0.1, 0.15) is 25.5 Å². The van der Waals surface area contributed by atoms with Gasteiger partial charge in [0.25, 0.3) is 0 Å². The summed E-state index contributed by atoms with van der Waals surface area (Å²) in [6.07, 6.45) is 3.23. The minimum Gasteiger partial charge on any atom is -0.382 e. The molecule has 0 amide bonds. The van der Waals surface area contributed by atoms with E-state index in [9.17, 15) is 5.11 Å². The van der Waals surface area contributed by atoms with E-state index in [0.717, 1.165) is 29.7 Å². The van der Waals surface area contributed by atoms with Crippen molar-refractivity contribution >= 4 is 15.9 Å². The molecule has 18 heavy (non-hydrogen) atoms. The molecule has 6 heteroatoms. The molecule has 0 saturated carbocycles. The maximum absolute atomic E-state index is 10.7. The van der Waals surface area contributed by atoms with Crippen LogP contribution in [-0.2, 0) is 12.1 Å².